The molecule has 0 aromatic heterocycles. The van der Waals surface area contributed by atoms with E-state index < -0.39 is 0 Å². The van der Waals surface area contributed by atoms with Crippen LogP contribution in [0.15, 0.2) is 54.7 Å². The first-order valence-electron chi connectivity index (χ1n) is 6.97. The van der Waals surface area contributed by atoms with Crippen LogP contribution in [0.2, 0.25) is 0 Å². The monoisotopic (exact) mass is 407 g/mol. The second kappa shape index (κ2) is 7.98. The number of anilines is 1. The maximum atomic E-state index is 11.7. The largest absolute Gasteiger partial charge is 0.458 e. The molecule has 0 heterocycles. The fourth-order valence-corrected chi connectivity index (χ4v) is 2.65. The first kappa shape index (κ1) is 16.5. The Bertz CT molecular complexity index is 681. The van der Waals surface area contributed by atoms with Crippen LogP contribution in [-0.4, -0.2) is 5.97 Å². The molecule has 0 unspecified atom stereocenters. The van der Waals surface area contributed by atoms with Crippen LogP contribution < -0.4 is 5.32 Å². The number of benzene rings is 2. The van der Waals surface area contributed by atoms with Crippen LogP contribution in [0.4, 0.5) is 5.69 Å². The highest BCUT2D eigenvalue weighted by Crippen LogP contribution is 2.22. The first-order valence-corrected chi connectivity index (χ1v) is 8.04. The van der Waals surface area contributed by atoms with Gasteiger partial charge in [-0.15, -0.1) is 0 Å². The number of ether oxygens (including phenoxy) is 1. The Labute approximate surface area is 144 Å². The van der Waals surface area contributed by atoms with Crippen molar-refractivity contribution in [3.8, 4) is 0 Å². The van der Waals surface area contributed by atoms with Gasteiger partial charge in [0, 0.05) is 15.8 Å². The molecule has 0 bridgehead atoms. The molecule has 2 aromatic rings. The lowest BCUT2D eigenvalue weighted by Gasteiger charge is -2.08. The van der Waals surface area contributed by atoms with Gasteiger partial charge in [0.1, 0.15) is 6.61 Å². The van der Waals surface area contributed by atoms with E-state index in [2.05, 4.69) is 53.9 Å². The molecule has 0 amide bonds. The third-order valence-corrected chi connectivity index (χ3v) is 4.16. The molecule has 114 valence electrons. The molecule has 22 heavy (non-hydrogen) atoms. The van der Waals surface area contributed by atoms with Crippen molar-refractivity contribution in [3.63, 3.8) is 0 Å². The van der Waals surface area contributed by atoms with E-state index in [-0.39, 0.29) is 12.6 Å². The van der Waals surface area contributed by atoms with Gasteiger partial charge in [0.2, 0.25) is 0 Å². The Kier molecular flexibility index (Phi) is 6.00. The van der Waals surface area contributed by atoms with Gasteiger partial charge < -0.3 is 10.1 Å². The van der Waals surface area contributed by atoms with Gasteiger partial charge >= 0.3 is 5.97 Å². The summed E-state index contributed by atoms with van der Waals surface area (Å²) < 4.78 is 6.29. The molecule has 0 spiro atoms. The van der Waals surface area contributed by atoms with Gasteiger partial charge in [-0.3, -0.25) is 0 Å². The zero-order valence-electron chi connectivity index (χ0n) is 12.6. The van der Waals surface area contributed by atoms with Crippen molar-refractivity contribution in [2.24, 2.45) is 0 Å². The third-order valence-electron chi connectivity index (χ3n) is 3.27. The standard InChI is InChI=1S/C18H18INO2/c1-13-10-16(19)17(11-14(13)2)20-9-8-18(21)22-12-15-6-4-3-5-7-15/h3-11,20H,12H2,1-2H3. The number of nitrogens with one attached hydrogen (secondary N) is 1. The minimum absolute atomic E-state index is 0.283. The van der Waals surface area contributed by atoms with Gasteiger partial charge in [-0.1, -0.05) is 30.3 Å². The van der Waals surface area contributed by atoms with Crippen molar-refractivity contribution in [2.75, 3.05) is 5.32 Å². The smallest absolute Gasteiger partial charge is 0.332 e. The molecule has 0 saturated heterocycles. The van der Waals surface area contributed by atoms with Crippen molar-refractivity contribution in [1.29, 1.82) is 0 Å². The van der Waals surface area contributed by atoms with Crippen molar-refractivity contribution in [3.05, 3.63) is 75.0 Å². The SMILES string of the molecule is Cc1cc(I)c(NC=CC(=O)OCc2ccccc2)cc1C. The number of esters is 1. The molecule has 2 aromatic carbocycles. The van der Waals surface area contributed by atoms with Crippen molar-refractivity contribution in [1.82, 2.24) is 0 Å². The number of rotatable bonds is 5. The maximum Gasteiger partial charge on any atom is 0.332 e. The lowest BCUT2D eigenvalue weighted by atomic mass is 10.1. The lowest BCUT2D eigenvalue weighted by Crippen LogP contribution is -2.02. The highest BCUT2D eigenvalue weighted by Gasteiger charge is 2.02. The van der Waals surface area contributed by atoms with Gasteiger partial charge in [0.15, 0.2) is 0 Å². The molecule has 0 aliphatic carbocycles. The van der Waals surface area contributed by atoms with Crippen LogP contribution in [0.5, 0.6) is 0 Å². The molecule has 4 heteroatoms. The second-order valence-electron chi connectivity index (χ2n) is 4.99. The number of aryl methyl sites for hydroxylation is 2. The number of carbonyl (C=O) groups is 1. The summed E-state index contributed by atoms with van der Waals surface area (Å²) in [4.78, 5) is 11.7. The fraction of sp³-hybridized carbons (Fsp3) is 0.167. The Morgan fingerprint density at radius 1 is 1.18 bits per heavy atom. The zero-order valence-corrected chi connectivity index (χ0v) is 14.8. The lowest BCUT2D eigenvalue weighted by molar-refractivity contribution is -0.139. The summed E-state index contributed by atoms with van der Waals surface area (Å²) in [5.74, 6) is -0.366. The van der Waals surface area contributed by atoms with Crippen LogP contribution in [0, 0.1) is 17.4 Å². The molecule has 0 saturated carbocycles. The highest BCUT2D eigenvalue weighted by molar-refractivity contribution is 14.1. The molecule has 3 nitrogen and oxygen atoms in total. The number of carbonyl (C=O) groups excluding carboxylic acids is 1. The van der Waals surface area contributed by atoms with Gasteiger partial charge in [-0.25, -0.2) is 4.79 Å². The molecule has 0 aliphatic heterocycles. The van der Waals surface area contributed by atoms with E-state index in [1.165, 1.54) is 17.2 Å². The van der Waals surface area contributed by atoms with E-state index in [0.717, 1.165) is 14.8 Å². The Morgan fingerprint density at radius 3 is 2.59 bits per heavy atom. The van der Waals surface area contributed by atoms with E-state index in [1.54, 1.807) is 6.20 Å². The Morgan fingerprint density at radius 2 is 1.86 bits per heavy atom. The third kappa shape index (κ3) is 4.87. The molecular formula is C18H18INO2. The molecule has 2 rings (SSSR count). The predicted octanol–water partition coefficient (Wildman–Crippen LogP) is 4.58. The maximum absolute atomic E-state index is 11.7. The molecule has 1 N–H and O–H groups in total. The van der Waals surface area contributed by atoms with Crippen LogP contribution in [-0.2, 0) is 16.1 Å². The van der Waals surface area contributed by atoms with Crippen LogP contribution >= 0.6 is 22.6 Å². The topological polar surface area (TPSA) is 38.3 Å². The average Bonchev–Trinajstić information content (AvgIpc) is 2.51. The van der Waals surface area contributed by atoms with Gasteiger partial charge in [0.05, 0.1) is 5.69 Å². The van der Waals surface area contributed by atoms with Crippen molar-refractivity contribution in [2.45, 2.75) is 20.5 Å². The summed E-state index contributed by atoms with van der Waals surface area (Å²) in [6, 6.07) is 13.8. The molecule has 0 atom stereocenters. The summed E-state index contributed by atoms with van der Waals surface area (Å²) >= 11 is 2.27. The average molecular weight is 407 g/mol. The Hall–Kier alpha value is -1.82. The van der Waals surface area contributed by atoms with Crippen molar-refractivity contribution < 1.29 is 9.53 Å². The van der Waals surface area contributed by atoms with E-state index in [9.17, 15) is 4.79 Å². The molecular weight excluding hydrogens is 389 g/mol. The highest BCUT2D eigenvalue weighted by atomic mass is 127. The van der Waals surface area contributed by atoms with E-state index in [1.807, 2.05) is 30.3 Å². The molecule has 0 fully saturated rings. The minimum atomic E-state index is -0.366. The van der Waals surface area contributed by atoms with Crippen molar-refractivity contribution >= 4 is 34.2 Å². The fourth-order valence-electron chi connectivity index (χ4n) is 1.87. The first-order chi connectivity index (χ1) is 10.6. The molecule has 0 aliphatic rings. The number of hydrogen-bond donors (Lipinski definition) is 1. The number of halogens is 1. The van der Waals surface area contributed by atoms with E-state index in [0.29, 0.717) is 0 Å². The summed E-state index contributed by atoms with van der Waals surface area (Å²) in [6.07, 6.45) is 3.01. The van der Waals surface area contributed by atoms with Crippen LogP contribution in [0.25, 0.3) is 0 Å². The Balaban J connectivity index is 1.87. The zero-order chi connectivity index (χ0) is 15.9. The summed E-state index contributed by atoms with van der Waals surface area (Å²) in [5.41, 5.74) is 4.42. The quantitative estimate of drug-likeness (QED) is 0.448. The molecule has 0 radical (unpaired) electrons. The second-order valence-corrected chi connectivity index (χ2v) is 6.15. The summed E-state index contributed by atoms with van der Waals surface area (Å²) in [7, 11) is 0. The summed E-state index contributed by atoms with van der Waals surface area (Å²) in [6.45, 7) is 4.43. The van der Waals surface area contributed by atoms with Gasteiger partial charge in [0.25, 0.3) is 0 Å². The van der Waals surface area contributed by atoms with E-state index >= 15 is 0 Å². The number of hydrogen-bond acceptors (Lipinski definition) is 3. The van der Waals surface area contributed by atoms with Crippen LogP contribution in [0.3, 0.4) is 0 Å². The normalized spacial score (nSPS) is 10.7. The minimum Gasteiger partial charge on any atom is -0.458 e. The van der Waals surface area contributed by atoms with Gasteiger partial charge in [-0.2, -0.15) is 0 Å². The summed E-state index contributed by atoms with van der Waals surface area (Å²) in [5, 5.41) is 3.12. The van der Waals surface area contributed by atoms with E-state index in [4.69, 9.17) is 4.74 Å². The van der Waals surface area contributed by atoms with Crippen LogP contribution in [0.1, 0.15) is 16.7 Å². The predicted molar refractivity (Wildman–Crippen MR) is 97.6 cm³/mol. The van der Waals surface area contributed by atoms with Gasteiger partial charge in [-0.05, 0) is 65.3 Å².